The van der Waals surface area contributed by atoms with E-state index in [0.717, 1.165) is 39.1 Å². The Bertz CT molecular complexity index is 678. The maximum atomic E-state index is 12.6. The zero-order valence-electron chi connectivity index (χ0n) is 15.1. The van der Waals surface area contributed by atoms with Crippen LogP contribution in [0.2, 0.25) is 0 Å². The quantitative estimate of drug-likeness (QED) is 0.877. The van der Waals surface area contributed by atoms with Crippen LogP contribution in [0.15, 0.2) is 41.8 Å². The standard InChI is InChI=1S/C20H27N3OS/c1-3-18(19-8-5-13-25-19)21-20(24)23-11-9-22(10-12-23)15-17-7-4-6-16(2)14-17/h4-8,13-14,18H,3,9-12,15H2,1-2H3,(H,21,24). The van der Waals surface area contributed by atoms with Gasteiger partial charge in [0.05, 0.1) is 6.04 Å². The minimum absolute atomic E-state index is 0.0652. The average Bonchev–Trinajstić information content (AvgIpc) is 3.14. The van der Waals surface area contributed by atoms with Gasteiger partial charge in [0.2, 0.25) is 0 Å². The SMILES string of the molecule is CCC(NC(=O)N1CCN(Cc2cccc(C)c2)CC1)c1cccs1. The number of nitrogens with one attached hydrogen (secondary N) is 1. The zero-order chi connectivity index (χ0) is 17.6. The number of benzene rings is 1. The van der Waals surface area contributed by atoms with Crippen LogP contribution in [-0.2, 0) is 6.54 Å². The van der Waals surface area contributed by atoms with Crippen molar-refractivity contribution in [3.63, 3.8) is 0 Å². The highest BCUT2D eigenvalue weighted by Crippen LogP contribution is 2.22. The molecule has 0 bridgehead atoms. The Morgan fingerprint density at radius 2 is 2.00 bits per heavy atom. The maximum Gasteiger partial charge on any atom is 0.317 e. The third-order valence-corrected chi connectivity index (χ3v) is 5.73. The molecule has 1 saturated heterocycles. The zero-order valence-corrected chi connectivity index (χ0v) is 15.9. The van der Waals surface area contributed by atoms with Gasteiger partial charge in [-0.1, -0.05) is 42.8 Å². The summed E-state index contributed by atoms with van der Waals surface area (Å²) in [5.41, 5.74) is 2.65. The summed E-state index contributed by atoms with van der Waals surface area (Å²) in [5.74, 6) is 0. The lowest BCUT2D eigenvalue weighted by Gasteiger charge is -2.35. The third-order valence-electron chi connectivity index (χ3n) is 4.74. The molecule has 1 atom stereocenters. The first kappa shape index (κ1) is 18.0. The number of carbonyl (C=O) groups is 1. The van der Waals surface area contributed by atoms with E-state index in [1.165, 1.54) is 16.0 Å². The van der Waals surface area contributed by atoms with Crippen molar-refractivity contribution in [2.24, 2.45) is 0 Å². The lowest BCUT2D eigenvalue weighted by Crippen LogP contribution is -2.51. The van der Waals surface area contributed by atoms with Crippen LogP contribution in [0.25, 0.3) is 0 Å². The first-order chi connectivity index (χ1) is 12.2. The summed E-state index contributed by atoms with van der Waals surface area (Å²) in [7, 11) is 0. The lowest BCUT2D eigenvalue weighted by atomic mass is 10.1. The van der Waals surface area contributed by atoms with E-state index in [-0.39, 0.29) is 12.1 Å². The van der Waals surface area contributed by atoms with Crippen molar-refractivity contribution < 1.29 is 4.79 Å². The number of nitrogens with zero attached hydrogens (tertiary/aromatic N) is 2. The Labute approximate surface area is 154 Å². The van der Waals surface area contributed by atoms with Crippen molar-refractivity contribution in [2.75, 3.05) is 26.2 Å². The molecular weight excluding hydrogens is 330 g/mol. The van der Waals surface area contributed by atoms with Crippen LogP contribution in [-0.4, -0.2) is 42.0 Å². The van der Waals surface area contributed by atoms with Crippen LogP contribution in [0.1, 0.15) is 35.4 Å². The van der Waals surface area contributed by atoms with E-state index in [1.54, 1.807) is 11.3 Å². The molecule has 4 nitrogen and oxygen atoms in total. The highest BCUT2D eigenvalue weighted by Gasteiger charge is 2.23. The topological polar surface area (TPSA) is 35.6 Å². The van der Waals surface area contributed by atoms with Crippen LogP contribution < -0.4 is 5.32 Å². The molecule has 1 N–H and O–H groups in total. The number of aryl methyl sites for hydroxylation is 1. The molecule has 0 spiro atoms. The second kappa shape index (κ2) is 8.50. The van der Waals surface area contributed by atoms with Gasteiger partial charge in [0.1, 0.15) is 0 Å². The molecule has 1 aromatic heterocycles. The van der Waals surface area contributed by atoms with Gasteiger partial charge in [0.15, 0.2) is 0 Å². The second-order valence-electron chi connectivity index (χ2n) is 6.68. The smallest absolute Gasteiger partial charge is 0.317 e. The van der Waals surface area contributed by atoms with Gasteiger partial charge in [-0.15, -0.1) is 11.3 Å². The maximum absolute atomic E-state index is 12.6. The predicted molar refractivity (Wildman–Crippen MR) is 104 cm³/mol. The van der Waals surface area contributed by atoms with E-state index < -0.39 is 0 Å². The summed E-state index contributed by atoms with van der Waals surface area (Å²) in [5, 5.41) is 5.25. The van der Waals surface area contributed by atoms with Gasteiger partial charge >= 0.3 is 6.03 Å². The van der Waals surface area contributed by atoms with Crippen molar-refractivity contribution in [3.05, 3.63) is 57.8 Å². The Kier molecular flexibility index (Phi) is 6.10. The van der Waals surface area contributed by atoms with Crippen LogP contribution >= 0.6 is 11.3 Å². The minimum Gasteiger partial charge on any atom is -0.330 e. The molecule has 0 radical (unpaired) electrons. The summed E-state index contributed by atoms with van der Waals surface area (Å²) < 4.78 is 0. The van der Waals surface area contributed by atoms with Crippen LogP contribution in [0.3, 0.4) is 0 Å². The number of amides is 2. The summed E-state index contributed by atoms with van der Waals surface area (Å²) in [6.07, 6.45) is 0.916. The lowest BCUT2D eigenvalue weighted by molar-refractivity contribution is 0.133. The molecule has 5 heteroatoms. The second-order valence-corrected chi connectivity index (χ2v) is 7.66. The van der Waals surface area contributed by atoms with Gasteiger partial charge in [-0.3, -0.25) is 4.90 Å². The molecule has 2 aromatic rings. The molecule has 25 heavy (non-hydrogen) atoms. The molecule has 1 aliphatic rings. The van der Waals surface area contributed by atoms with Gasteiger partial charge in [-0.05, 0) is 30.4 Å². The predicted octanol–water partition coefficient (Wildman–Crippen LogP) is 4.04. The fourth-order valence-electron chi connectivity index (χ4n) is 3.28. The van der Waals surface area contributed by atoms with Gasteiger partial charge < -0.3 is 10.2 Å². The molecule has 1 aromatic carbocycles. The number of thiophene rings is 1. The van der Waals surface area contributed by atoms with E-state index in [4.69, 9.17) is 0 Å². The summed E-state index contributed by atoms with van der Waals surface area (Å²) in [6.45, 7) is 8.64. The third kappa shape index (κ3) is 4.83. The van der Waals surface area contributed by atoms with E-state index >= 15 is 0 Å². The number of carbonyl (C=O) groups excluding carboxylic acids is 1. The van der Waals surface area contributed by atoms with Crippen molar-refractivity contribution >= 4 is 17.4 Å². The molecule has 0 saturated carbocycles. The molecule has 1 fully saturated rings. The molecule has 0 aliphatic carbocycles. The van der Waals surface area contributed by atoms with Gasteiger partial charge in [-0.2, -0.15) is 0 Å². The largest absolute Gasteiger partial charge is 0.330 e. The number of hydrogen-bond donors (Lipinski definition) is 1. The Morgan fingerprint density at radius 3 is 2.64 bits per heavy atom. The monoisotopic (exact) mass is 357 g/mol. The molecular formula is C20H27N3OS. The Morgan fingerprint density at radius 1 is 1.20 bits per heavy atom. The number of piperazine rings is 1. The Hall–Kier alpha value is -1.85. The normalized spacial score (nSPS) is 16.6. The van der Waals surface area contributed by atoms with Gasteiger partial charge in [0, 0.05) is 37.6 Å². The van der Waals surface area contributed by atoms with Crippen LogP contribution in [0.4, 0.5) is 4.79 Å². The minimum atomic E-state index is 0.0652. The van der Waals surface area contributed by atoms with Crippen molar-refractivity contribution in [2.45, 2.75) is 32.9 Å². The van der Waals surface area contributed by atoms with E-state index in [9.17, 15) is 4.79 Å². The first-order valence-corrected chi connectivity index (χ1v) is 9.90. The van der Waals surface area contributed by atoms with Crippen molar-refractivity contribution in [1.29, 1.82) is 0 Å². The fourth-order valence-corrected chi connectivity index (χ4v) is 4.14. The summed E-state index contributed by atoms with van der Waals surface area (Å²) >= 11 is 1.71. The van der Waals surface area contributed by atoms with E-state index in [0.29, 0.717) is 0 Å². The molecule has 134 valence electrons. The van der Waals surface area contributed by atoms with Crippen molar-refractivity contribution in [3.8, 4) is 0 Å². The van der Waals surface area contributed by atoms with E-state index in [1.807, 2.05) is 11.0 Å². The number of hydrogen-bond acceptors (Lipinski definition) is 3. The van der Waals surface area contributed by atoms with Crippen LogP contribution in [0, 0.1) is 6.92 Å². The number of urea groups is 1. The van der Waals surface area contributed by atoms with E-state index in [2.05, 4.69) is 59.8 Å². The summed E-state index contributed by atoms with van der Waals surface area (Å²) in [4.78, 5) is 18.2. The van der Waals surface area contributed by atoms with Gasteiger partial charge in [-0.25, -0.2) is 4.79 Å². The van der Waals surface area contributed by atoms with Crippen molar-refractivity contribution in [1.82, 2.24) is 15.1 Å². The Balaban J connectivity index is 1.49. The molecule has 3 rings (SSSR count). The molecule has 1 unspecified atom stereocenters. The highest BCUT2D eigenvalue weighted by molar-refractivity contribution is 7.10. The first-order valence-electron chi connectivity index (χ1n) is 9.02. The molecule has 2 heterocycles. The molecule has 2 amide bonds. The highest BCUT2D eigenvalue weighted by atomic mass is 32.1. The van der Waals surface area contributed by atoms with Crippen LogP contribution in [0.5, 0.6) is 0 Å². The van der Waals surface area contributed by atoms with Gasteiger partial charge in [0.25, 0.3) is 0 Å². The summed E-state index contributed by atoms with van der Waals surface area (Å²) in [6, 6.07) is 13.0. The number of rotatable bonds is 5. The fraction of sp³-hybridized carbons (Fsp3) is 0.450. The molecule has 1 aliphatic heterocycles. The average molecular weight is 358 g/mol.